The van der Waals surface area contributed by atoms with Crippen molar-refractivity contribution in [3.05, 3.63) is 65.4 Å². The number of pyridine rings is 1. The lowest BCUT2D eigenvalue weighted by Crippen LogP contribution is -2.36. The van der Waals surface area contributed by atoms with Crippen molar-refractivity contribution >= 4 is 39.9 Å². The molecule has 2 aliphatic heterocycles. The van der Waals surface area contributed by atoms with Crippen LogP contribution in [0.1, 0.15) is 47.7 Å². The Hall–Kier alpha value is -4.32. The molecular weight excluding hydrogens is 502 g/mol. The number of carbonyl (C=O) groups excluding carboxylic acids is 2. The normalized spacial score (nSPS) is 18.4. The molecule has 0 spiro atoms. The standard InChI is InChI=1S/C30H28F2N4O3/c1-19(21-4-6-26-28(15-21)39-12-11-35(26)2)13-20-3-5-25-24(14-20)23(9-10-34-25)27(37)7-8-29(38)36-18-30(31,32)16-22(36)17-33/h3-6,9-10,13-15,22H,7-8,11-12,16,18H2,1-2H3/b19-13+/t22-/m0/s1. The number of halogens is 2. The molecule has 5 rings (SSSR count). The van der Waals surface area contributed by atoms with Crippen molar-refractivity contribution in [3.8, 4) is 11.8 Å². The van der Waals surface area contributed by atoms with Crippen LogP contribution in [0, 0.1) is 11.3 Å². The molecule has 0 aliphatic carbocycles. The summed E-state index contributed by atoms with van der Waals surface area (Å²) in [6.07, 6.45) is 2.48. The van der Waals surface area contributed by atoms with Crippen LogP contribution in [0.25, 0.3) is 22.6 Å². The number of amides is 1. The molecule has 0 N–H and O–H groups in total. The molecule has 1 saturated heterocycles. The number of alkyl halides is 2. The van der Waals surface area contributed by atoms with Crippen molar-refractivity contribution in [1.29, 1.82) is 5.26 Å². The van der Waals surface area contributed by atoms with Crippen LogP contribution in [0.15, 0.2) is 48.7 Å². The van der Waals surface area contributed by atoms with E-state index < -0.39 is 30.8 Å². The zero-order valence-electron chi connectivity index (χ0n) is 21.8. The third-order valence-corrected chi connectivity index (χ3v) is 7.27. The largest absolute Gasteiger partial charge is 0.490 e. The highest BCUT2D eigenvalue weighted by molar-refractivity contribution is 6.08. The molecule has 9 heteroatoms. The number of likely N-dealkylation sites (N-methyl/N-ethyl adjacent to an activating group) is 1. The lowest BCUT2D eigenvalue weighted by atomic mass is 9.98. The molecule has 1 aromatic heterocycles. The quantitative estimate of drug-likeness (QED) is 0.316. The summed E-state index contributed by atoms with van der Waals surface area (Å²) in [6.45, 7) is 2.70. The Labute approximate surface area is 225 Å². The fraction of sp³-hybridized carbons (Fsp3) is 0.333. The van der Waals surface area contributed by atoms with E-state index in [4.69, 9.17) is 10.00 Å². The lowest BCUT2D eigenvalue weighted by Gasteiger charge is -2.28. The van der Waals surface area contributed by atoms with E-state index in [9.17, 15) is 18.4 Å². The molecule has 3 heterocycles. The Balaban J connectivity index is 1.35. The average Bonchev–Trinajstić information content (AvgIpc) is 3.25. The summed E-state index contributed by atoms with van der Waals surface area (Å²) in [4.78, 5) is 33.1. The van der Waals surface area contributed by atoms with Crippen LogP contribution < -0.4 is 9.64 Å². The Morgan fingerprint density at radius 1 is 1.21 bits per heavy atom. The molecule has 1 amide bonds. The van der Waals surface area contributed by atoms with Gasteiger partial charge >= 0.3 is 0 Å². The highest BCUT2D eigenvalue weighted by Gasteiger charge is 2.47. The van der Waals surface area contributed by atoms with Crippen molar-refractivity contribution in [2.45, 2.75) is 38.2 Å². The highest BCUT2D eigenvalue weighted by Crippen LogP contribution is 2.35. The summed E-state index contributed by atoms with van der Waals surface area (Å²) in [6, 6.07) is 14.0. The minimum Gasteiger partial charge on any atom is -0.490 e. The SMILES string of the molecule is C/C(=C\c1ccc2nccc(C(=O)CCC(=O)N3CC(F)(F)C[C@H]3C#N)c2c1)c1ccc2c(c1)OCCN2C. The summed E-state index contributed by atoms with van der Waals surface area (Å²) in [5, 5.41) is 9.80. The van der Waals surface area contributed by atoms with Crippen LogP contribution in [0.2, 0.25) is 0 Å². The van der Waals surface area contributed by atoms with Crippen molar-refractivity contribution < 1.29 is 23.1 Å². The topological polar surface area (TPSA) is 86.5 Å². The van der Waals surface area contributed by atoms with Crippen LogP contribution >= 0.6 is 0 Å². The Kier molecular flexibility index (Phi) is 7.04. The summed E-state index contributed by atoms with van der Waals surface area (Å²) < 4.78 is 33.3. The van der Waals surface area contributed by atoms with Crippen LogP contribution in [-0.2, 0) is 4.79 Å². The molecule has 3 aromatic rings. The van der Waals surface area contributed by atoms with Gasteiger partial charge in [0.2, 0.25) is 5.91 Å². The van der Waals surface area contributed by atoms with Crippen LogP contribution in [0.5, 0.6) is 5.75 Å². The van der Waals surface area contributed by atoms with Crippen molar-refractivity contribution in [2.24, 2.45) is 0 Å². The van der Waals surface area contributed by atoms with Gasteiger partial charge in [0, 0.05) is 43.5 Å². The second-order valence-electron chi connectivity index (χ2n) is 10.1. The number of nitrogens with zero attached hydrogens (tertiary/aromatic N) is 4. The van der Waals surface area contributed by atoms with Gasteiger partial charge in [-0.05, 0) is 54.0 Å². The molecule has 0 saturated carbocycles. The summed E-state index contributed by atoms with van der Waals surface area (Å²) >= 11 is 0. The Morgan fingerprint density at radius 2 is 2.03 bits per heavy atom. The molecule has 0 unspecified atom stereocenters. The van der Waals surface area contributed by atoms with Crippen LogP contribution in [-0.4, -0.2) is 60.3 Å². The number of ketones is 1. The van der Waals surface area contributed by atoms with Gasteiger partial charge in [-0.3, -0.25) is 14.6 Å². The molecule has 2 aliphatic rings. The number of nitriles is 1. The summed E-state index contributed by atoms with van der Waals surface area (Å²) in [7, 11) is 2.04. The average molecular weight is 531 g/mol. The van der Waals surface area contributed by atoms with E-state index in [-0.39, 0.29) is 18.6 Å². The van der Waals surface area contributed by atoms with Gasteiger partial charge in [0.15, 0.2) is 5.78 Å². The molecule has 7 nitrogen and oxygen atoms in total. The van der Waals surface area contributed by atoms with E-state index in [0.717, 1.165) is 39.6 Å². The maximum atomic E-state index is 13.7. The number of hydrogen-bond acceptors (Lipinski definition) is 6. The van der Waals surface area contributed by atoms with Gasteiger partial charge in [0.1, 0.15) is 18.4 Å². The number of benzene rings is 2. The number of fused-ring (bicyclic) bond motifs is 2. The molecule has 1 fully saturated rings. The predicted octanol–water partition coefficient (Wildman–Crippen LogP) is 5.35. The molecule has 39 heavy (non-hydrogen) atoms. The number of hydrogen-bond donors (Lipinski definition) is 0. The van der Waals surface area contributed by atoms with Gasteiger partial charge in [-0.25, -0.2) is 8.78 Å². The van der Waals surface area contributed by atoms with E-state index in [1.807, 2.05) is 50.4 Å². The first-order valence-electron chi connectivity index (χ1n) is 12.8. The molecule has 1 atom stereocenters. The number of Topliss-reactive ketones (excluding diaryl/α,β-unsaturated/α-hetero) is 1. The molecule has 0 bridgehead atoms. The monoisotopic (exact) mass is 530 g/mol. The summed E-state index contributed by atoms with van der Waals surface area (Å²) in [5.74, 6) is -3.15. The van der Waals surface area contributed by atoms with Crippen LogP contribution in [0.3, 0.4) is 0 Å². The number of anilines is 1. The van der Waals surface area contributed by atoms with Gasteiger partial charge < -0.3 is 14.5 Å². The second-order valence-corrected chi connectivity index (χ2v) is 10.1. The first kappa shape index (κ1) is 26.3. The fourth-order valence-electron chi connectivity index (χ4n) is 5.13. The van der Waals surface area contributed by atoms with Crippen molar-refractivity contribution in [3.63, 3.8) is 0 Å². The van der Waals surface area contributed by atoms with E-state index in [1.54, 1.807) is 12.1 Å². The smallest absolute Gasteiger partial charge is 0.268 e. The number of rotatable bonds is 6. The minimum absolute atomic E-state index is 0.152. The molecule has 2 aromatic carbocycles. The summed E-state index contributed by atoms with van der Waals surface area (Å²) in [5.41, 5.74) is 5.02. The third-order valence-electron chi connectivity index (χ3n) is 7.27. The minimum atomic E-state index is -3.09. The van der Waals surface area contributed by atoms with Gasteiger partial charge in [0.05, 0.1) is 30.4 Å². The lowest BCUT2D eigenvalue weighted by molar-refractivity contribution is -0.132. The zero-order chi connectivity index (χ0) is 27.7. The van der Waals surface area contributed by atoms with Gasteiger partial charge in [0.25, 0.3) is 5.92 Å². The maximum Gasteiger partial charge on any atom is 0.268 e. The number of aromatic nitrogens is 1. The van der Waals surface area contributed by atoms with Crippen molar-refractivity contribution in [2.75, 3.05) is 31.6 Å². The van der Waals surface area contributed by atoms with Crippen molar-refractivity contribution in [1.82, 2.24) is 9.88 Å². The first-order chi connectivity index (χ1) is 18.6. The second kappa shape index (κ2) is 10.4. The van der Waals surface area contributed by atoms with E-state index in [2.05, 4.69) is 16.0 Å². The Bertz CT molecular complexity index is 1530. The van der Waals surface area contributed by atoms with Gasteiger partial charge in [-0.1, -0.05) is 18.2 Å². The van der Waals surface area contributed by atoms with E-state index >= 15 is 0 Å². The highest BCUT2D eigenvalue weighted by atomic mass is 19.3. The first-order valence-corrected chi connectivity index (χ1v) is 12.8. The van der Waals surface area contributed by atoms with E-state index in [0.29, 0.717) is 23.1 Å². The van der Waals surface area contributed by atoms with Gasteiger partial charge in [-0.15, -0.1) is 0 Å². The Morgan fingerprint density at radius 3 is 2.82 bits per heavy atom. The number of ether oxygens (including phenoxy) is 1. The number of carbonyl (C=O) groups is 2. The fourth-order valence-corrected chi connectivity index (χ4v) is 5.13. The maximum absolute atomic E-state index is 13.7. The molecule has 200 valence electrons. The van der Waals surface area contributed by atoms with Crippen LogP contribution in [0.4, 0.5) is 14.5 Å². The predicted molar refractivity (Wildman–Crippen MR) is 145 cm³/mol. The molecule has 0 radical (unpaired) electrons. The van der Waals surface area contributed by atoms with E-state index in [1.165, 1.54) is 6.20 Å². The molecular formula is C30H28F2N4O3. The van der Waals surface area contributed by atoms with Gasteiger partial charge in [-0.2, -0.15) is 5.26 Å². The third kappa shape index (κ3) is 5.46. The number of likely N-dealkylation sites (tertiary alicyclic amines) is 1. The zero-order valence-corrected chi connectivity index (χ0v) is 21.8. The number of allylic oxidation sites excluding steroid dienone is 1.